The van der Waals surface area contributed by atoms with Crippen LogP contribution in [-0.4, -0.2) is 26.8 Å². The van der Waals surface area contributed by atoms with Gasteiger partial charge in [-0.05, 0) is 18.7 Å². The predicted molar refractivity (Wildman–Crippen MR) is 61.7 cm³/mol. The summed E-state index contributed by atoms with van der Waals surface area (Å²) in [6.07, 6.45) is 0. The van der Waals surface area contributed by atoms with E-state index in [1.807, 2.05) is 6.92 Å². The third-order valence-electron chi connectivity index (χ3n) is 2.04. The van der Waals surface area contributed by atoms with Crippen molar-refractivity contribution in [2.24, 2.45) is 0 Å². The smallest absolute Gasteiger partial charge is 0.124 e. The van der Waals surface area contributed by atoms with E-state index in [9.17, 15) is 0 Å². The highest BCUT2D eigenvalue weighted by molar-refractivity contribution is 5.43. The van der Waals surface area contributed by atoms with Crippen molar-refractivity contribution in [1.29, 1.82) is 5.26 Å². The van der Waals surface area contributed by atoms with Gasteiger partial charge in [-0.15, -0.1) is 0 Å². The summed E-state index contributed by atoms with van der Waals surface area (Å²) < 4.78 is 10.6. The van der Waals surface area contributed by atoms with E-state index in [0.29, 0.717) is 23.7 Å². The van der Waals surface area contributed by atoms with Crippen LogP contribution in [-0.2, 0) is 0 Å². The Morgan fingerprint density at radius 3 is 2.69 bits per heavy atom. The number of likely N-dealkylation sites (N-methyl/N-ethyl adjacent to an activating group) is 1. The highest BCUT2D eigenvalue weighted by Gasteiger charge is 2.01. The maximum Gasteiger partial charge on any atom is 0.124 e. The van der Waals surface area contributed by atoms with Crippen LogP contribution < -0.4 is 14.8 Å². The Morgan fingerprint density at radius 1 is 1.31 bits per heavy atom. The zero-order valence-corrected chi connectivity index (χ0v) is 9.62. The zero-order chi connectivity index (χ0) is 11.8. The summed E-state index contributed by atoms with van der Waals surface area (Å²) in [6, 6.07) is 7.22. The Hall–Kier alpha value is -1.73. The molecule has 4 nitrogen and oxygen atoms in total. The fourth-order valence-electron chi connectivity index (χ4n) is 1.26. The largest absolute Gasteiger partial charge is 0.497 e. The quantitative estimate of drug-likeness (QED) is 0.739. The summed E-state index contributed by atoms with van der Waals surface area (Å²) in [7, 11) is 1.57. The molecule has 0 unspecified atom stereocenters. The van der Waals surface area contributed by atoms with Crippen LogP contribution in [0.2, 0.25) is 0 Å². The lowest BCUT2D eigenvalue weighted by Crippen LogP contribution is -2.20. The lowest BCUT2D eigenvalue weighted by molar-refractivity contribution is 0.312. The number of hydrogen-bond donors (Lipinski definition) is 1. The van der Waals surface area contributed by atoms with Gasteiger partial charge >= 0.3 is 0 Å². The van der Waals surface area contributed by atoms with Crippen molar-refractivity contribution >= 4 is 0 Å². The fraction of sp³-hybridized carbons (Fsp3) is 0.417. The Balaban J connectivity index is 2.61. The molecule has 0 aliphatic carbocycles. The van der Waals surface area contributed by atoms with Crippen molar-refractivity contribution in [3.8, 4) is 17.6 Å². The molecule has 0 aliphatic heterocycles. The van der Waals surface area contributed by atoms with E-state index < -0.39 is 0 Å². The van der Waals surface area contributed by atoms with Crippen LogP contribution in [0.1, 0.15) is 12.5 Å². The van der Waals surface area contributed by atoms with E-state index in [4.69, 9.17) is 14.7 Å². The van der Waals surface area contributed by atoms with Gasteiger partial charge < -0.3 is 14.8 Å². The molecule has 1 rings (SSSR count). The molecule has 0 bridgehead atoms. The van der Waals surface area contributed by atoms with Gasteiger partial charge in [0.25, 0.3) is 0 Å². The molecule has 16 heavy (non-hydrogen) atoms. The molecule has 0 radical (unpaired) electrons. The molecule has 0 heterocycles. The molecule has 86 valence electrons. The van der Waals surface area contributed by atoms with Gasteiger partial charge in [-0.2, -0.15) is 5.26 Å². The van der Waals surface area contributed by atoms with Crippen LogP contribution in [0.3, 0.4) is 0 Å². The molecule has 1 N–H and O–H groups in total. The maximum atomic E-state index is 8.82. The number of benzene rings is 1. The minimum atomic E-state index is 0.540. The van der Waals surface area contributed by atoms with Crippen LogP contribution in [0.25, 0.3) is 0 Å². The number of nitrogens with zero attached hydrogens (tertiary/aromatic N) is 1. The molecule has 0 aromatic heterocycles. The summed E-state index contributed by atoms with van der Waals surface area (Å²) in [5, 5.41) is 12.0. The van der Waals surface area contributed by atoms with Crippen LogP contribution in [0.5, 0.6) is 11.5 Å². The second-order valence-corrected chi connectivity index (χ2v) is 3.21. The van der Waals surface area contributed by atoms with Gasteiger partial charge in [0, 0.05) is 12.6 Å². The van der Waals surface area contributed by atoms with Gasteiger partial charge in [-0.25, -0.2) is 0 Å². The summed E-state index contributed by atoms with van der Waals surface area (Å²) >= 11 is 0. The Bertz CT molecular complexity index is 372. The molecule has 0 spiro atoms. The maximum absolute atomic E-state index is 8.82. The number of methoxy groups -OCH3 is 1. The molecular formula is C12H16N2O2. The Labute approximate surface area is 95.8 Å². The van der Waals surface area contributed by atoms with Crippen LogP contribution >= 0.6 is 0 Å². The Kier molecular flexibility index (Phi) is 5.17. The number of rotatable bonds is 6. The number of hydrogen-bond acceptors (Lipinski definition) is 4. The highest BCUT2D eigenvalue weighted by Crippen LogP contribution is 2.22. The third kappa shape index (κ3) is 3.79. The molecule has 4 heteroatoms. The normalized spacial score (nSPS) is 9.56. The molecule has 1 aromatic carbocycles. The van der Waals surface area contributed by atoms with Crippen LogP contribution in [0, 0.1) is 11.3 Å². The van der Waals surface area contributed by atoms with Gasteiger partial charge in [-0.1, -0.05) is 6.92 Å². The molecule has 0 amide bonds. The molecule has 0 atom stereocenters. The molecule has 0 fully saturated rings. The van der Waals surface area contributed by atoms with E-state index in [2.05, 4.69) is 11.4 Å². The van der Waals surface area contributed by atoms with E-state index in [1.165, 1.54) is 0 Å². The van der Waals surface area contributed by atoms with Gasteiger partial charge in [0.1, 0.15) is 18.1 Å². The first-order chi connectivity index (χ1) is 7.80. The zero-order valence-electron chi connectivity index (χ0n) is 9.62. The highest BCUT2D eigenvalue weighted by atomic mass is 16.5. The van der Waals surface area contributed by atoms with Gasteiger partial charge in [-0.3, -0.25) is 0 Å². The molecule has 1 aromatic rings. The number of ether oxygens (including phenoxy) is 2. The van der Waals surface area contributed by atoms with E-state index in [1.54, 1.807) is 25.3 Å². The second-order valence-electron chi connectivity index (χ2n) is 3.21. The van der Waals surface area contributed by atoms with E-state index in [-0.39, 0.29) is 0 Å². The van der Waals surface area contributed by atoms with Crippen LogP contribution in [0.4, 0.5) is 0 Å². The molecule has 0 saturated heterocycles. The SMILES string of the molecule is CCNCCOc1cc(C#N)cc(OC)c1. The summed E-state index contributed by atoms with van der Waals surface area (Å²) in [6.45, 7) is 4.33. The lowest BCUT2D eigenvalue weighted by Gasteiger charge is -2.08. The van der Waals surface area contributed by atoms with E-state index >= 15 is 0 Å². The van der Waals surface area contributed by atoms with Gasteiger partial charge in [0.15, 0.2) is 0 Å². The minimum Gasteiger partial charge on any atom is -0.497 e. The van der Waals surface area contributed by atoms with Crippen molar-refractivity contribution in [1.82, 2.24) is 5.32 Å². The fourth-order valence-corrected chi connectivity index (χ4v) is 1.26. The van der Waals surface area contributed by atoms with E-state index in [0.717, 1.165) is 13.1 Å². The average molecular weight is 220 g/mol. The van der Waals surface area contributed by atoms with Crippen LogP contribution in [0.15, 0.2) is 18.2 Å². The summed E-state index contributed by atoms with van der Waals surface area (Å²) in [4.78, 5) is 0. The predicted octanol–water partition coefficient (Wildman–Crippen LogP) is 1.56. The van der Waals surface area contributed by atoms with Crippen molar-refractivity contribution < 1.29 is 9.47 Å². The first-order valence-electron chi connectivity index (χ1n) is 5.23. The number of nitrogens with one attached hydrogen (secondary N) is 1. The van der Waals surface area contributed by atoms with Gasteiger partial charge in [0.2, 0.25) is 0 Å². The minimum absolute atomic E-state index is 0.540. The van der Waals surface area contributed by atoms with Crippen molar-refractivity contribution in [2.75, 3.05) is 26.8 Å². The van der Waals surface area contributed by atoms with Gasteiger partial charge in [0.05, 0.1) is 18.7 Å². The van der Waals surface area contributed by atoms with Crippen molar-refractivity contribution in [2.45, 2.75) is 6.92 Å². The lowest BCUT2D eigenvalue weighted by atomic mass is 10.2. The monoisotopic (exact) mass is 220 g/mol. The third-order valence-corrected chi connectivity index (χ3v) is 2.04. The second kappa shape index (κ2) is 6.70. The average Bonchev–Trinajstić information content (AvgIpc) is 2.34. The standard InChI is InChI=1S/C12H16N2O2/c1-3-14-4-5-16-12-7-10(9-13)6-11(8-12)15-2/h6-8,14H,3-5H2,1-2H3. The topological polar surface area (TPSA) is 54.3 Å². The first-order valence-corrected chi connectivity index (χ1v) is 5.23. The Morgan fingerprint density at radius 2 is 2.06 bits per heavy atom. The molecule has 0 saturated carbocycles. The molecule has 0 aliphatic rings. The first kappa shape index (κ1) is 12.3. The number of nitriles is 1. The summed E-state index contributed by atoms with van der Waals surface area (Å²) in [5.41, 5.74) is 0.540. The molecular weight excluding hydrogens is 204 g/mol. The summed E-state index contributed by atoms with van der Waals surface area (Å²) in [5.74, 6) is 1.30. The van der Waals surface area contributed by atoms with Crippen molar-refractivity contribution in [3.05, 3.63) is 23.8 Å². The van der Waals surface area contributed by atoms with Crippen molar-refractivity contribution in [3.63, 3.8) is 0 Å².